The van der Waals surface area contributed by atoms with E-state index < -0.39 is 0 Å². The molecule has 1 amide bonds. The Balaban J connectivity index is 1.76. The number of amides is 1. The van der Waals surface area contributed by atoms with E-state index in [4.69, 9.17) is 0 Å². The number of hydrogen-bond acceptors (Lipinski definition) is 2. The number of carbonyl (C=O) groups excluding carboxylic acids is 1. The molecule has 0 fully saturated rings. The van der Waals surface area contributed by atoms with Crippen molar-refractivity contribution >= 4 is 34.2 Å². The van der Waals surface area contributed by atoms with Crippen molar-refractivity contribution in [3.8, 4) is 11.8 Å². The zero-order chi connectivity index (χ0) is 16.8. The van der Waals surface area contributed by atoms with Crippen LogP contribution < -0.4 is 5.32 Å². The number of halogens is 1. The van der Waals surface area contributed by atoms with Crippen molar-refractivity contribution in [1.82, 2.24) is 4.98 Å². The highest BCUT2D eigenvalue weighted by atomic mass is 127. The highest BCUT2D eigenvalue weighted by Crippen LogP contribution is 2.13. The molecule has 0 atom stereocenters. The van der Waals surface area contributed by atoms with Crippen molar-refractivity contribution in [3.63, 3.8) is 0 Å². The van der Waals surface area contributed by atoms with Gasteiger partial charge < -0.3 is 5.32 Å². The average Bonchev–Trinajstić information content (AvgIpc) is 2.61. The maximum atomic E-state index is 12.3. The van der Waals surface area contributed by atoms with E-state index in [0.29, 0.717) is 16.9 Å². The number of aromatic nitrogens is 1. The molecule has 1 heterocycles. The Morgan fingerprint density at radius 3 is 2.62 bits per heavy atom. The molecule has 1 N–H and O–H groups in total. The van der Waals surface area contributed by atoms with E-state index >= 15 is 0 Å². The molecule has 3 rings (SSSR count). The minimum absolute atomic E-state index is 0.136. The van der Waals surface area contributed by atoms with Crippen LogP contribution in [-0.4, -0.2) is 10.9 Å². The number of anilines is 1. The number of nitrogens with zero attached hydrogens (tertiary/aromatic N) is 1. The first-order valence-corrected chi connectivity index (χ1v) is 8.39. The molecule has 0 bridgehead atoms. The lowest BCUT2D eigenvalue weighted by molar-refractivity contribution is 0.102. The minimum atomic E-state index is -0.136. The molecule has 0 saturated heterocycles. The molecule has 0 aliphatic heterocycles. The molecule has 0 unspecified atom stereocenters. The molecule has 3 aromatic rings. The molecule has 0 radical (unpaired) electrons. The van der Waals surface area contributed by atoms with Crippen LogP contribution in [0.5, 0.6) is 0 Å². The third-order valence-electron chi connectivity index (χ3n) is 3.21. The Bertz CT molecular complexity index is 927. The van der Waals surface area contributed by atoms with Gasteiger partial charge in [0.05, 0.1) is 0 Å². The van der Waals surface area contributed by atoms with E-state index in [2.05, 4.69) is 44.7 Å². The van der Waals surface area contributed by atoms with Gasteiger partial charge in [-0.15, -0.1) is 0 Å². The Morgan fingerprint density at radius 2 is 1.83 bits per heavy atom. The van der Waals surface area contributed by atoms with Crippen LogP contribution in [0.25, 0.3) is 0 Å². The average molecular weight is 424 g/mol. The quantitative estimate of drug-likeness (QED) is 0.492. The van der Waals surface area contributed by atoms with Crippen molar-refractivity contribution in [2.24, 2.45) is 0 Å². The van der Waals surface area contributed by atoms with Gasteiger partial charge in [-0.25, -0.2) is 4.98 Å². The summed E-state index contributed by atoms with van der Waals surface area (Å²) in [5, 5.41) is 2.90. The van der Waals surface area contributed by atoms with E-state index in [1.54, 1.807) is 12.3 Å². The fraction of sp³-hybridized carbons (Fsp3) is 0. The normalized spacial score (nSPS) is 9.71. The van der Waals surface area contributed by atoms with Crippen LogP contribution >= 0.6 is 22.6 Å². The first-order chi connectivity index (χ1) is 11.7. The summed E-state index contributed by atoms with van der Waals surface area (Å²) >= 11 is 2.19. The van der Waals surface area contributed by atoms with Gasteiger partial charge in [-0.3, -0.25) is 4.79 Å². The monoisotopic (exact) mass is 424 g/mol. The Morgan fingerprint density at radius 1 is 0.958 bits per heavy atom. The maximum absolute atomic E-state index is 12.3. The second kappa shape index (κ2) is 7.75. The Labute approximate surface area is 154 Å². The Hall–Kier alpha value is -2.65. The van der Waals surface area contributed by atoms with Crippen LogP contribution in [0.1, 0.15) is 21.6 Å². The number of carbonyl (C=O) groups is 1. The van der Waals surface area contributed by atoms with E-state index in [1.165, 1.54) is 0 Å². The first kappa shape index (κ1) is 16.2. The maximum Gasteiger partial charge on any atom is 0.255 e. The summed E-state index contributed by atoms with van der Waals surface area (Å²) in [6.07, 6.45) is 1.71. The van der Waals surface area contributed by atoms with Crippen LogP contribution in [0.4, 0.5) is 5.69 Å². The molecule has 116 valence electrons. The first-order valence-electron chi connectivity index (χ1n) is 7.31. The van der Waals surface area contributed by atoms with Gasteiger partial charge in [0.25, 0.3) is 5.91 Å². The molecular weight excluding hydrogens is 411 g/mol. The van der Waals surface area contributed by atoms with E-state index in [0.717, 1.165) is 9.13 Å². The summed E-state index contributed by atoms with van der Waals surface area (Å²) in [5.41, 5.74) is 2.88. The summed E-state index contributed by atoms with van der Waals surface area (Å²) in [5.74, 6) is 5.93. The second-order valence-corrected chi connectivity index (χ2v) is 6.26. The molecule has 1 aromatic heterocycles. The van der Waals surface area contributed by atoms with Gasteiger partial charge in [0.15, 0.2) is 0 Å². The highest BCUT2D eigenvalue weighted by molar-refractivity contribution is 14.1. The van der Waals surface area contributed by atoms with Crippen LogP contribution in [-0.2, 0) is 0 Å². The molecule has 0 saturated carbocycles. The van der Waals surface area contributed by atoms with Crippen LogP contribution in [0.15, 0.2) is 72.9 Å². The fourth-order valence-corrected chi connectivity index (χ4v) is 2.62. The van der Waals surface area contributed by atoms with Gasteiger partial charge in [-0.1, -0.05) is 24.1 Å². The van der Waals surface area contributed by atoms with Gasteiger partial charge in [-0.2, -0.15) is 0 Å². The van der Waals surface area contributed by atoms with Crippen molar-refractivity contribution in [1.29, 1.82) is 0 Å². The summed E-state index contributed by atoms with van der Waals surface area (Å²) < 4.78 is 1.02. The van der Waals surface area contributed by atoms with E-state index in [-0.39, 0.29) is 5.91 Å². The fourth-order valence-electron chi connectivity index (χ4n) is 2.08. The topological polar surface area (TPSA) is 42.0 Å². The largest absolute Gasteiger partial charge is 0.322 e. The molecule has 3 nitrogen and oxygen atoms in total. The van der Waals surface area contributed by atoms with Gasteiger partial charge >= 0.3 is 0 Å². The van der Waals surface area contributed by atoms with Gasteiger partial charge in [-0.05, 0) is 77.0 Å². The zero-order valence-electron chi connectivity index (χ0n) is 12.7. The van der Waals surface area contributed by atoms with Crippen LogP contribution in [0.2, 0.25) is 0 Å². The summed E-state index contributed by atoms with van der Waals surface area (Å²) in [4.78, 5) is 16.5. The number of benzene rings is 2. The summed E-state index contributed by atoms with van der Waals surface area (Å²) in [6.45, 7) is 0. The molecule has 0 aliphatic carbocycles. The van der Waals surface area contributed by atoms with Gasteiger partial charge in [0, 0.05) is 26.6 Å². The third kappa shape index (κ3) is 4.43. The van der Waals surface area contributed by atoms with E-state index in [1.807, 2.05) is 60.7 Å². The lowest BCUT2D eigenvalue weighted by atomic mass is 10.1. The predicted molar refractivity (Wildman–Crippen MR) is 104 cm³/mol. The molecule has 0 spiro atoms. The van der Waals surface area contributed by atoms with E-state index in [9.17, 15) is 4.79 Å². The van der Waals surface area contributed by atoms with Gasteiger partial charge in [0.2, 0.25) is 0 Å². The number of pyridine rings is 1. The number of hydrogen-bond donors (Lipinski definition) is 1. The molecule has 4 heteroatoms. The van der Waals surface area contributed by atoms with Crippen LogP contribution in [0, 0.1) is 15.4 Å². The van der Waals surface area contributed by atoms with Crippen molar-refractivity contribution < 1.29 is 4.79 Å². The Kier molecular flexibility index (Phi) is 5.24. The molecule has 24 heavy (non-hydrogen) atoms. The van der Waals surface area contributed by atoms with Crippen molar-refractivity contribution in [2.45, 2.75) is 0 Å². The number of nitrogens with one attached hydrogen (secondary N) is 1. The minimum Gasteiger partial charge on any atom is -0.322 e. The highest BCUT2D eigenvalue weighted by Gasteiger charge is 2.06. The number of rotatable bonds is 2. The summed E-state index contributed by atoms with van der Waals surface area (Å²) in [6, 6.07) is 20.5. The van der Waals surface area contributed by atoms with Gasteiger partial charge in [0.1, 0.15) is 5.69 Å². The second-order valence-electron chi connectivity index (χ2n) is 5.01. The molecular formula is C20H13IN2O. The molecule has 0 aliphatic rings. The lowest BCUT2D eigenvalue weighted by Gasteiger charge is -2.06. The van der Waals surface area contributed by atoms with Crippen LogP contribution in [0.3, 0.4) is 0 Å². The third-order valence-corrected chi connectivity index (χ3v) is 3.88. The smallest absolute Gasteiger partial charge is 0.255 e. The SMILES string of the molecule is O=C(Nc1cccc(C#Cc2ccccn2)c1)c1cccc(I)c1. The standard InChI is InChI=1S/C20H13IN2O/c21-17-7-4-6-16(14-17)20(24)23-19-9-3-5-15(13-19)10-11-18-8-1-2-12-22-18/h1-9,12-14H,(H,23,24). The zero-order valence-corrected chi connectivity index (χ0v) is 14.8. The van der Waals surface area contributed by atoms with Crippen molar-refractivity contribution in [3.05, 3.63) is 93.3 Å². The molecule has 2 aromatic carbocycles. The summed E-state index contributed by atoms with van der Waals surface area (Å²) in [7, 11) is 0. The lowest BCUT2D eigenvalue weighted by Crippen LogP contribution is -2.11. The van der Waals surface area contributed by atoms with Crippen molar-refractivity contribution in [2.75, 3.05) is 5.32 Å². The predicted octanol–water partition coefficient (Wildman–Crippen LogP) is 4.34.